The largest absolute Gasteiger partial charge is 0.490 e. The molecule has 2 bridgehead atoms. The Labute approximate surface area is 264 Å². The van der Waals surface area contributed by atoms with Crippen molar-refractivity contribution in [3.8, 4) is 5.75 Å². The van der Waals surface area contributed by atoms with Crippen LogP contribution in [0.5, 0.6) is 5.75 Å². The number of nitrogens with zero attached hydrogens (tertiary/aromatic N) is 2. The maximum atomic E-state index is 13.6. The van der Waals surface area contributed by atoms with Gasteiger partial charge in [-0.15, -0.1) is 0 Å². The second kappa shape index (κ2) is 12.0. The second-order valence-electron chi connectivity index (χ2n) is 13.3. The molecule has 6 rings (SSSR count). The standard InChI is InChI=1S/C35H43ClN2O6/c1-3-27-32(40)37(2)16-5-4-8-30(39)26-12-9-23(26)19-38-20-34(15-6-7-22-17-25(36)11-13-28(22)34)21-44-31-14-10-24(18-29(31)38)35(27,43)33(41)42/h4,8,10-11,13-14,17-18,23,26-27,30,39,43H,3,5-7,9,12,15-16,19-21H2,1-2H3,(H,41,42)/b8-4-/t23-,26+,27-,30-,34-,35+/m0/s1. The number of aliphatic carboxylic acids is 1. The first-order chi connectivity index (χ1) is 21.1. The van der Waals surface area contributed by atoms with E-state index in [1.807, 2.05) is 18.2 Å². The van der Waals surface area contributed by atoms with Crippen molar-refractivity contribution in [1.82, 2.24) is 4.90 Å². The monoisotopic (exact) mass is 622 g/mol. The number of rotatable bonds is 2. The Kier molecular flexibility index (Phi) is 8.46. The highest BCUT2D eigenvalue weighted by molar-refractivity contribution is 6.30. The van der Waals surface area contributed by atoms with Crippen LogP contribution in [0.4, 0.5) is 5.69 Å². The summed E-state index contributed by atoms with van der Waals surface area (Å²) in [7, 11) is 1.63. The Morgan fingerprint density at radius 1 is 1.18 bits per heavy atom. The first-order valence-corrected chi connectivity index (χ1v) is 16.3. The Hall–Kier alpha value is -3.07. The number of carbonyl (C=O) groups excluding carboxylic acids is 1. The van der Waals surface area contributed by atoms with E-state index in [2.05, 4.69) is 17.0 Å². The second-order valence-corrected chi connectivity index (χ2v) is 13.7. The van der Waals surface area contributed by atoms with Crippen LogP contribution in [0.2, 0.25) is 5.02 Å². The maximum absolute atomic E-state index is 13.6. The minimum absolute atomic E-state index is 0.100. The van der Waals surface area contributed by atoms with Gasteiger partial charge < -0.3 is 29.9 Å². The molecule has 4 aliphatic rings. The van der Waals surface area contributed by atoms with Gasteiger partial charge in [0, 0.05) is 37.1 Å². The van der Waals surface area contributed by atoms with Gasteiger partial charge in [-0.1, -0.05) is 42.8 Å². The van der Waals surface area contributed by atoms with Crippen molar-refractivity contribution in [2.45, 2.75) is 69.0 Å². The van der Waals surface area contributed by atoms with Crippen LogP contribution in [0, 0.1) is 17.8 Å². The Morgan fingerprint density at radius 2 is 2.00 bits per heavy atom. The van der Waals surface area contributed by atoms with Crippen LogP contribution in [0.1, 0.15) is 62.1 Å². The van der Waals surface area contributed by atoms with Gasteiger partial charge in [0.2, 0.25) is 5.91 Å². The fourth-order valence-electron chi connectivity index (χ4n) is 8.05. The molecule has 2 aliphatic heterocycles. The molecule has 2 heterocycles. The van der Waals surface area contributed by atoms with Crippen molar-refractivity contribution in [2.75, 3.05) is 38.2 Å². The zero-order chi connectivity index (χ0) is 31.2. The normalized spacial score (nSPS) is 33.0. The van der Waals surface area contributed by atoms with E-state index in [1.54, 1.807) is 32.2 Å². The Morgan fingerprint density at radius 3 is 2.73 bits per heavy atom. The molecule has 1 fully saturated rings. The third-order valence-corrected chi connectivity index (χ3v) is 11.0. The summed E-state index contributed by atoms with van der Waals surface area (Å²) in [5.41, 5.74) is 0.575. The summed E-state index contributed by atoms with van der Waals surface area (Å²) in [5, 5.41) is 34.3. The number of hydrogen-bond donors (Lipinski definition) is 3. The van der Waals surface area contributed by atoms with Crippen molar-refractivity contribution in [1.29, 1.82) is 0 Å². The molecule has 8 nitrogen and oxygen atoms in total. The molecule has 2 aromatic carbocycles. The third-order valence-electron chi connectivity index (χ3n) is 10.7. The van der Waals surface area contributed by atoms with E-state index in [9.17, 15) is 24.9 Å². The van der Waals surface area contributed by atoms with E-state index in [0.29, 0.717) is 49.1 Å². The summed E-state index contributed by atoms with van der Waals surface area (Å²) in [5.74, 6) is -2.13. The van der Waals surface area contributed by atoms with Crippen LogP contribution in [0.3, 0.4) is 0 Å². The molecule has 44 heavy (non-hydrogen) atoms. The summed E-state index contributed by atoms with van der Waals surface area (Å²) < 4.78 is 6.58. The number of hydrogen-bond acceptors (Lipinski definition) is 6. The fraction of sp³-hybridized carbons (Fsp3) is 0.543. The van der Waals surface area contributed by atoms with E-state index in [1.165, 1.54) is 16.0 Å². The van der Waals surface area contributed by atoms with Gasteiger partial charge in [-0.25, -0.2) is 4.79 Å². The highest BCUT2D eigenvalue weighted by atomic mass is 35.5. The lowest BCUT2D eigenvalue weighted by Crippen LogP contribution is -2.51. The molecule has 0 saturated heterocycles. The predicted octanol–water partition coefficient (Wildman–Crippen LogP) is 4.92. The van der Waals surface area contributed by atoms with E-state index < -0.39 is 29.5 Å². The first kappa shape index (κ1) is 30.9. The maximum Gasteiger partial charge on any atom is 0.341 e. The lowest BCUT2D eigenvalue weighted by Gasteiger charge is -2.45. The summed E-state index contributed by atoms with van der Waals surface area (Å²) in [6.45, 7) is 3.82. The Balaban J connectivity index is 1.49. The molecule has 1 spiro atoms. The number of aliphatic hydroxyl groups excluding tert-OH is 1. The lowest BCUT2D eigenvalue weighted by molar-refractivity contribution is -0.173. The van der Waals surface area contributed by atoms with Gasteiger partial charge in [-0.05, 0) is 97.7 Å². The summed E-state index contributed by atoms with van der Waals surface area (Å²) in [6.07, 6.45) is 8.60. The topological polar surface area (TPSA) is 111 Å². The van der Waals surface area contributed by atoms with Gasteiger partial charge in [0.15, 0.2) is 5.60 Å². The molecule has 236 valence electrons. The van der Waals surface area contributed by atoms with Gasteiger partial charge in [0.1, 0.15) is 5.75 Å². The summed E-state index contributed by atoms with van der Waals surface area (Å²) in [6, 6.07) is 11.2. The van der Waals surface area contributed by atoms with Crippen LogP contribution in [0.15, 0.2) is 48.6 Å². The number of halogens is 1. The van der Waals surface area contributed by atoms with Gasteiger partial charge in [-0.2, -0.15) is 0 Å². The van der Waals surface area contributed by atoms with Gasteiger partial charge in [0.05, 0.1) is 24.3 Å². The van der Waals surface area contributed by atoms with Crippen LogP contribution >= 0.6 is 11.6 Å². The molecule has 3 N–H and O–H groups in total. The number of anilines is 1. The van der Waals surface area contributed by atoms with Crippen LogP contribution in [-0.2, 0) is 27.0 Å². The third kappa shape index (κ3) is 5.29. The smallest absolute Gasteiger partial charge is 0.341 e. The summed E-state index contributed by atoms with van der Waals surface area (Å²) in [4.78, 5) is 30.3. The van der Waals surface area contributed by atoms with Crippen LogP contribution < -0.4 is 9.64 Å². The molecular formula is C35H43ClN2O6. The highest BCUT2D eigenvalue weighted by Crippen LogP contribution is 2.48. The van der Waals surface area contributed by atoms with E-state index in [4.69, 9.17) is 16.3 Å². The molecule has 2 aliphatic carbocycles. The molecule has 6 atom stereocenters. The number of benzene rings is 2. The minimum atomic E-state index is -2.43. The van der Waals surface area contributed by atoms with Crippen molar-refractivity contribution in [3.63, 3.8) is 0 Å². The van der Waals surface area contributed by atoms with Crippen molar-refractivity contribution in [2.24, 2.45) is 17.8 Å². The number of aryl methyl sites for hydroxylation is 1. The average Bonchev–Trinajstić information content (AvgIpc) is 3.13. The lowest BCUT2D eigenvalue weighted by atomic mass is 9.68. The number of carboxylic acids is 1. The number of carboxylic acid groups (broad SMARTS) is 1. The number of ether oxygens (including phenoxy) is 1. The van der Waals surface area contributed by atoms with Crippen molar-refractivity contribution in [3.05, 3.63) is 70.3 Å². The SMILES string of the molecule is CC[C@H]1C(=O)N(C)CC/C=C\[C@H](O)[C@@H]2CC[C@H]2CN2C[C@@]3(CCCc4cc(Cl)ccc43)COc3ccc(cc32)[C@]1(O)C(=O)O. The molecule has 0 unspecified atom stereocenters. The van der Waals surface area contributed by atoms with E-state index in [-0.39, 0.29) is 29.2 Å². The molecule has 0 radical (unpaired) electrons. The number of amides is 1. The summed E-state index contributed by atoms with van der Waals surface area (Å²) >= 11 is 6.40. The molecule has 1 saturated carbocycles. The van der Waals surface area contributed by atoms with E-state index in [0.717, 1.165) is 32.1 Å². The number of aliphatic hydroxyl groups is 2. The quantitative estimate of drug-likeness (QED) is 0.408. The van der Waals surface area contributed by atoms with E-state index >= 15 is 0 Å². The van der Waals surface area contributed by atoms with Gasteiger partial charge >= 0.3 is 5.97 Å². The number of fused-ring (bicyclic) bond motifs is 4. The average molecular weight is 623 g/mol. The van der Waals surface area contributed by atoms with Crippen molar-refractivity contribution >= 4 is 29.2 Å². The zero-order valence-corrected chi connectivity index (χ0v) is 26.3. The first-order valence-electron chi connectivity index (χ1n) is 15.9. The van der Waals surface area contributed by atoms with Gasteiger partial charge in [-0.3, -0.25) is 4.79 Å². The fourth-order valence-corrected chi connectivity index (χ4v) is 8.25. The molecule has 9 heteroatoms. The highest BCUT2D eigenvalue weighted by Gasteiger charge is 2.51. The molecule has 0 aromatic heterocycles. The van der Waals surface area contributed by atoms with Gasteiger partial charge in [0.25, 0.3) is 0 Å². The molecular weight excluding hydrogens is 580 g/mol. The minimum Gasteiger partial charge on any atom is -0.490 e. The van der Waals surface area contributed by atoms with Crippen LogP contribution in [-0.4, -0.2) is 71.5 Å². The number of carbonyl (C=O) groups is 2. The molecule has 2 aromatic rings. The van der Waals surface area contributed by atoms with Crippen molar-refractivity contribution < 1.29 is 29.6 Å². The zero-order valence-electron chi connectivity index (χ0n) is 25.5. The Bertz CT molecular complexity index is 1460. The predicted molar refractivity (Wildman–Crippen MR) is 169 cm³/mol. The van der Waals surface area contributed by atoms with Crippen LogP contribution in [0.25, 0.3) is 0 Å². The molecule has 1 amide bonds.